The third kappa shape index (κ3) is 4.26. The zero-order valence-corrected chi connectivity index (χ0v) is 17.3. The van der Waals surface area contributed by atoms with Gasteiger partial charge in [-0.3, -0.25) is 0 Å². The van der Waals surface area contributed by atoms with E-state index in [4.69, 9.17) is 29.8 Å². The Kier molecular flexibility index (Phi) is 6.20. The number of hydrogen-bond donors (Lipinski definition) is 2. The molecule has 0 bridgehead atoms. The maximum Gasteiger partial charge on any atom is 0.244 e. The van der Waals surface area contributed by atoms with Crippen LogP contribution in [0.4, 0.5) is 10.1 Å². The number of rotatable bonds is 5. The Labute approximate surface area is 178 Å². The third-order valence-corrected chi connectivity index (χ3v) is 7.56. The minimum Gasteiger partial charge on any atom is -0.393 e. The molecule has 2 aromatic rings. The fourth-order valence-electron chi connectivity index (χ4n) is 3.41. The molecule has 3 rings (SSSR count). The first-order valence-electron chi connectivity index (χ1n) is 8.55. The summed E-state index contributed by atoms with van der Waals surface area (Å²) in [6, 6.07) is 8.04. The van der Waals surface area contributed by atoms with E-state index in [-0.39, 0.29) is 40.1 Å². The first-order valence-corrected chi connectivity index (χ1v) is 10.7. The van der Waals surface area contributed by atoms with Gasteiger partial charge in [-0.25, -0.2) is 17.7 Å². The Morgan fingerprint density at radius 3 is 2.59 bits per heavy atom. The van der Waals surface area contributed by atoms with Crippen LogP contribution in [0, 0.1) is 18.3 Å². The molecule has 0 saturated carbocycles. The Hall–Kier alpha value is -1.73. The molecule has 2 N–H and O–H groups in total. The SMILES string of the molecule is [C-]#[N+]c1ccc(C[C@H]2CN(S(=O)(=O)c3ccc(Cl)cc3Cl)C[C@@]2(O)CO)cc1F. The minimum atomic E-state index is -4.05. The Morgan fingerprint density at radius 2 is 2.00 bits per heavy atom. The zero-order chi connectivity index (χ0) is 21.4. The predicted octanol–water partition coefficient (Wildman–Crippen LogP) is 3.27. The number of sulfonamides is 1. The fourth-order valence-corrected chi connectivity index (χ4v) is 5.70. The number of hydrogen-bond acceptors (Lipinski definition) is 4. The van der Waals surface area contributed by atoms with E-state index >= 15 is 0 Å². The van der Waals surface area contributed by atoms with Gasteiger partial charge in [-0.1, -0.05) is 35.3 Å². The third-order valence-electron chi connectivity index (χ3n) is 5.03. The van der Waals surface area contributed by atoms with Crippen LogP contribution in [0.1, 0.15) is 5.56 Å². The molecule has 1 heterocycles. The number of aliphatic hydroxyl groups is 2. The summed E-state index contributed by atoms with van der Waals surface area (Å²) in [7, 11) is -4.05. The van der Waals surface area contributed by atoms with Gasteiger partial charge in [-0.2, -0.15) is 4.31 Å². The summed E-state index contributed by atoms with van der Waals surface area (Å²) < 4.78 is 41.0. The van der Waals surface area contributed by atoms with Crippen molar-refractivity contribution in [3.63, 3.8) is 0 Å². The summed E-state index contributed by atoms with van der Waals surface area (Å²) in [5.41, 5.74) is -1.35. The topological polar surface area (TPSA) is 82.2 Å². The summed E-state index contributed by atoms with van der Waals surface area (Å²) in [5.74, 6) is -1.38. The molecule has 154 valence electrons. The van der Waals surface area contributed by atoms with Gasteiger partial charge in [0.25, 0.3) is 0 Å². The Balaban J connectivity index is 1.89. The van der Waals surface area contributed by atoms with E-state index in [0.29, 0.717) is 5.56 Å². The molecule has 29 heavy (non-hydrogen) atoms. The van der Waals surface area contributed by atoms with E-state index in [1.807, 2.05) is 0 Å². The summed E-state index contributed by atoms with van der Waals surface area (Å²) in [5, 5.41) is 20.8. The number of β-amino-alcohol motifs (C(OH)–C–C–N with tert-alkyl or cyclic N) is 1. The van der Waals surface area contributed by atoms with Crippen molar-refractivity contribution >= 4 is 38.9 Å². The minimum absolute atomic E-state index is 0.0507. The second-order valence-corrected chi connectivity index (χ2v) is 9.68. The van der Waals surface area contributed by atoms with Gasteiger partial charge in [0.2, 0.25) is 15.7 Å². The molecule has 0 aromatic heterocycles. The van der Waals surface area contributed by atoms with Gasteiger partial charge in [0.1, 0.15) is 16.3 Å². The van der Waals surface area contributed by atoms with Crippen molar-refractivity contribution in [1.29, 1.82) is 0 Å². The molecule has 0 unspecified atom stereocenters. The lowest BCUT2D eigenvalue weighted by molar-refractivity contribution is -0.0340. The van der Waals surface area contributed by atoms with E-state index in [0.717, 1.165) is 4.31 Å². The van der Waals surface area contributed by atoms with Crippen molar-refractivity contribution in [2.75, 3.05) is 19.7 Å². The zero-order valence-electron chi connectivity index (χ0n) is 15.0. The molecule has 6 nitrogen and oxygen atoms in total. The lowest BCUT2D eigenvalue weighted by atomic mass is 9.86. The quantitative estimate of drug-likeness (QED) is 0.673. The van der Waals surface area contributed by atoms with E-state index in [2.05, 4.69) is 4.85 Å². The van der Waals surface area contributed by atoms with Crippen molar-refractivity contribution in [2.45, 2.75) is 16.9 Å². The second-order valence-electron chi connectivity index (χ2n) is 6.93. The summed E-state index contributed by atoms with van der Waals surface area (Å²) in [6.45, 7) is 5.80. The molecule has 0 amide bonds. The smallest absolute Gasteiger partial charge is 0.244 e. The van der Waals surface area contributed by atoms with Crippen molar-refractivity contribution < 1.29 is 23.0 Å². The monoisotopic (exact) mass is 458 g/mol. The highest BCUT2D eigenvalue weighted by Gasteiger charge is 2.49. The number of halogens is 3. The maximum absolute atomic E-state index is 13.9. The molecule has 2 atom stereocenters. The van der Waals surface area contributed by atoms with Crippen LogP contribution in [0.15, 0.2) is 41.3 Å². The first kappa shape index (κ1) is 22.0. The average Bonchev–Trinajstić information content (AvgIpc) is 2.99. The van der Waals surface area contributed by atoms with Crippen LogP contribution in [0.3, 0.4) is 0 Å². The van der Waals surface area contributed by atoms with Crippen LogP contribution in [-0.4, -0.2) is 48.2 Å². The average molecular weight is 459 g/mol. The molecule has 10 heteroatoms. The Morgan fingerprint density at radius 1 is 1.28 bits per heavy atom. The summed E-state index contributed by atoms with van der Waals surface area (Å²) >= 11 is 11.9. The molecule has 1 aliphatic rings. The van der Waals surface area contributed by atoms with Gasteiger partial charge in [-0.15, -0.1) is 0 Å². The number of benzene rings is 2. The molecule has 0 radical (unpaired) electrons. The van der Waals surface area contributed by atoms with E-state index in [1.54, 1.807) is 6.07 Å². The van der Waals surface area contributed by atoms with E-state index in [9.17, 15) is 23.0 Å². The largest absolute Gasteiger partial charge is 0.393 e. The fraction of sp³-hybridized carbons (Fsp3) is 0.316. The highest BCUT2D eigenvalue weighted by atomic mass is 35.5. The van der Waals surface area contributed by atoms with Gasteiger partial charge < -0.3 is 10.2 Å². The highest BCUT2D eigenvalue weighted by Crippen LogP contribution is 2.36. The van der Waals surface area contributed by atoms with Crippen LogP contribution >= 0.6 is 23.2 Å². The molecule has 1 fully saturated rings. The van der Waals surface area contributed by atoms with Crippen molar-refractivity contribution in [1.82, 2.24) is 4.31 Å². The molecule has 1 aliphatic heterocycles. The van der Waals surface area contributed by atoms with Crippen molar-refractivity contribution in [3.8, 4) is 0 Å². The predicted molar refractivity (Wildman–Crippen MR) is 107 cm³/mol. The first-order chi connectivity index (χ1) is 13.6. The normalized spacial score (nSPS) is 22.6. The van der Waals surface area contributed by atoms with Gasteiger partial charge in [-0.05, 0) is 36.2 Å². The Bertz CT molecular complexity index is 1090. The molecule has 0 spiro atoms. The van der Waals surface area contributed by atoms with Crippen molar-refractivity contribution in [2.24, 2.45) is 5.92 Å². The molecule has 1 saturated heterocycles. The van der Waals surface area contributed by atoms with E-state index in [1.165, 1.54) is 30.3 Å². The summed E-state index contributed by atoms with van der Waals surface area (Å²) in [6.07, 6.45) is 0.118. The van der Waals surface area contributed by atoms with Crippen molar-refractivity contribution in [3.05, 3.63) is 69.2 Å². The van der Waals surface area contributed by atoms with Gasteiger partial charge in [0, 0.05) is 24.0 Å². The van der Waals surface area contributed by atoms with Crippen LogP contribution in [0.2, 0.25) is 10.0 Å². The molecule has 0 aliphatic carbocycles. The van der Waals surface area contributed by atoms with Gasteiger partial charge in [0.05, 0.1) is 18.2 Å². The van der Waals surface area contributed by atoms with E-state index < -0.39 is 34.0 Å². The van der Waals surface area contributed by atoms with Gasteiger partial charge in [0.15, 0.2) is 0 Å². The van der Waals surface area contributed by atoms with Crippen LogP contribution < -0.4 is 0 Å². The lowest BCUT2D eigenvalue weighted by Crippen LogP contribution is -2.43. The molecular weight excluding hydrogens is 442 g/mol. The second kappa shape index (κ2) is 8.19. The molecule has 2 aromatic carbocycles. The molecular formula is C19H17Cl2FN2O4S. The number of nitrogens with zero attached hydrogens (tertiary/aromatic N) is 2. The highest BCUT2D eigenvalue weighted by molar-refractivity contribution is 7.89. The number of aliphatic hydroxyl groups excluding tert-OH is 1. The van der Waals surface area contributed by atoms with Crippen LogP contribution in [0.25, 0.3) is 4.85 Å². The standard InChI is InChI=1S/C19H17Cl2FN2O4S/c1-23-17-4-2-12(7-16(17)22)6-13-9-24(10-19(13,26)11-25)29(27,28)18-5-3-14(20)8-15(18)21/h2-5,7-8,13,25-26H,6,9-11H2/t13-,19+/m0/s1. The van der Waals surface area contributed by atoms with Crippen LogP contribution in [-0.2, 0) is 16.4 Å². The van der Waals surface area contributed by atoms with Gasteiger partial charge >= 0.3 is 0 Å². The van der Waals surface area contributed by atoms with Crippen LogP contribution in [0.5, 0.6) is 0 Å². The maximum atomic E-state index is 13.9. The lowest BCUT2D eigenvalue weighted by Gasteiger charge is -2.26. The summed E-state index contributed by atoms with van der Waals surface area (Å²) in [4.78, 5) is 2.90.